The van der Waals surface area contributed by atoms with Crippen molar-refractivity contribution in [2.45, 2.75) is 19.6 Å². The fourth-order valence-electron chi connectivity index (χ4n) is 0.940. The summed E-state index contributed by atoms with van der Waals surface area (Å²) in [4.78, 5) is 10.4. The lowest BCUT2D eigenvalue weighted by Gasteiger charge is -2.08. The van der Waals surface area contributed by atoms with Gasteiger partial charge in [-0.3, -0.25) is 0 Å². The SMILES string of the molecule is C[C@@H](OCc1cc(F)ccc1F)C(=O)O. The van der Waals surface area contributed by atoms with E-state index in [0.717, 1.165) is 18.2 Å². The summed E-state index contributed by atoms with van der Waals surface area (Å²) in [6.45, 7) is 1.05. The Kier molecular flexibility index (Phi) is 3.74. The zero-order valence-electron chi connectivity index (χ0n) is 8.04. The number of hydrogen-bond acceptors (Lipinski definition) is 2. The zero-order valence-corrected chi connectivity index (χ0v) is 8.04. The summed E-state index contributed by atoms with van der Waals surface area (Å²) in [6.07, 6.45) is -1.05. The van der Waals surface area contributed by atoms with Gasteiger partial charge in [-0.15, -0.1) is 0 Å². The molecule has 0 aliphatic carbocycles. The molecule has 0 aromatic heterocycles. The first-order valence-electron chi connectivity index (χ1n) is 4.29. The standard InChI is InChI=1S/C10H10F2O3/c1-6(10(13)14)15-5-7-4-8(11)2-3-9(7)12/h2-4,6H,5H2,1H3,(H,13,14)/t6-/m1/s1. The van der Waals surface area contributed by atoms with Gasteiger partial charge in [0.1, 0.15) is 11.6 Å². The molecular formula is C10H10F2O3. The lowest BCUT2D eigenvalue weighted by atomic mass is 10.2. The molecule has 82 valence electrons. The molecule has 0 heterocycles. The highest BCUT2D eigenvalue weighted by Gasteiger charge is 2.12. The molecule has 1 N–H and O–H groups in total. The van der Waals surface area contributed by atoms with Crippen LogP contribution in [0.1, 0.15) is 12.5 Å². The van der Waals surface area contributed by atoms with E-state index in [1.165, 1.54) is 6.92 Å². The molecule has 0 spiro atoms. The van der Waals surface area contributed by atoms with Crippen molar-refractivity contribution >= 4 is 5.97 Å². The number of hydrogen-bond donors (Lipinski definition) is 1. The van der Waals surface area contributed by atoms with Gasteiger partial charge in [-0.1, -0.05) is 0 Å². The molecule has 3 nitrogen and oxygen atoms in total. The van der Waals surface area contributed by atoms with E-state index >= 15 is 0 Å². The quantitative estimate of drug-likeness (QED) is 0.836. The first kappa shape index (κ1) is 11.6. The van der Waals surface area contributed by atoms with Crippen LogP contribution in [0.2, 0.25) is 0 Å². The molecule has 1 aromatic carbocycles. The van der Waals surface area contributed by atoms with Crippen LogP contribution in [-0.2, 0) is 16.1 Å². The van der Waals surface area contributed by atoms with Gasteiger partial charge in [-0.05, 0) is 25.1 Å². The average molecular weight is 216 g/mol. The van der Waals surface area contributed by atoms with Crippen LogP contribution >= 0.6 is 0 Å². The van der Waals surface area contributed by atoms with Crippen LogP contribution in [0.15, 0.2) is 18.2 Å². The molecule has 0 amide bonds. The Morgan fingerprint density at radius 1 is 1.53 bits per heavy atom. The van der Waals surface area contributed by atoms with Gasteiger partial charge < -0.3 is 9.84 Å². The second-order valence-corrected chi connectivity index (χ2v) is 3.03. The Bertz CT molecular complexity index is 366. The fraction of sp³-hybridized carbons (Fsp3) is 0.300. The molecular weight excluding hydrogens is 206 g/mol. The third kappa shape index (κ3) is 3.28. The van der Waals surface area contributed by atoms with Crippen molar-refractivity contribution in [3.63, 3.8) is 0 Å². The van der Waals surface area contributed by atoms with E-state index in [0.29, 0.717) is 0 Å². The van der Waals surface area contributed by atoms with Crippen LogP contribution in [0.4, 0.5) is 8.78 Å². The van der Waals surface area contributed by atoms with Crippen molar-refractivity contribution in [3.05, 3.63) is 35.4 Å². The molecule has 0 unspecified atom stereocenters. The molecule has 0 radical (unpaired) electrons. The van der Waals surface area contributed by atoms with E-state index in [2.05, 4.69) is 0 Å². The highest BCUT2D eigenvalue weighted by atomic mass is 19.1. The van der Waals surface area contributed by atoms with Gasteiger partial charge in [-0.2, -0.15) is 0 Å². The van der Waals surface area contributed by atoms with Gasteiger partial charge in [-0.25, -0.2) is 13.6 Å². The summed E-state index contributed by atoms with van der Waals surface area (Å²) in [5.74, 6) is -2.35. The number of carboxylic acid groups (broad SMARTS) is 1. The van der Waals surface area contributed by atoms with E-state index in [4.69, 9.17) is 9.84 Å². The molecule has 1 aromatic rings. The third-order valence-corrected chi connectivity index (χ3v) is 1.84. The Morgan fingerprint density at radius 2 is 2.20 bits per heavy atom. The van der Waals surface area contributed by atoms with Crippen LogP contribution in [0.5, 0.6) is 0 Å². The fourth-order valence-corrected chi connectivity index (χ4v) is 0.940. The van der Waals surface area contributed by atoms with E-state index in [1.54, 1.807) is 0 Å². The normalized spacial score (nSPS) is 12.5. The lowest BCUT2D eigenvalue weighted by Crippen LogP contribution is -2.19. The molecule has 1 rings (SSSR count). The van der Waals surface area contributed by atoms with Gasteiger partial charge in [0, 0.05) is 5.56 Å². The van der Waals surface area contributed by atoms with Gasteiger partial charge in [0.25, 0.3) is 0 Å². The molecule has 1 atom stereocenters. The molecule has 0 aliphatic heterocycles. The number of carbonyl (C=O) groups is 1. The second kappa shape index (κ2) is 4.84. The van der Waals surface area contributed by atoms with Gasteiger partial charge >= 0.3 is 5.97 Å². The molecule has 5 heteroatoms. The molecule has 0 fully saturated rings. The minimum Gasteiger partial charge on any atom is -0.479 e. The average Bonchev–Trinajstić information content (AvgIpc) is 2.18. The maximum atomic E-state index is 13.0. The number of halogens is 2. The van der Waals surface area contributed by atoms with Crippen molar-refractivity contribution < 1.29 is 23.4 Å². The Labute approximate surface area is 85.3 Å². The predicted octanol–water partition coefficient (Wildman–Crippen LogP) is 1.95. The van der Waals surface area contributed by atoms with Crippen LogP contribution in [0.3, 0.4) is 0 Å². The smallest absolute Gasteiger partial charge is 0.332 e. The maximum Gasteiger partial charge on any atom is 0.332 e. The minimum absolute atomic E-state index is 0.00287. The molecule has 0 bridgehead atoms. The Balaban J connectivity index is 2.65. The summed E-state index contributed by atoms with van der Waals surface area (Å²) in [5, 5.41) is 8.49. The van der Waals surface area contributed by atoms with Crippen LogP contribution in [-0.4, -0.2) is 17.2 Å². The van der Waals surface area contributed by atoms with Crippen molar-refractivity contribution in [2.24, 2.45) is 0 Å². The zero-order chi connectivity index (χ0) is 11.4. The minimum atomic E-state index is -1.15. The topological polar surface area (TPSA) is 46.5 Å². The first-order chi connectivity index (χ1) is 7.00. The summed E-state index contributed by atoms with van der Waals surface area (Å²) < 4.78 is 30.5. The number of rotatable bonds is 4. The number of benzene rings is 1. The van der Waals surface area contributed by atoms with Crippen LogP contribution < -0.4 is 0 Å². The maximum absolute atomic E-state index is 13.0. The van der Waals surface area contributed by atoms with E-state index in [-0.39, 0.29) is 12.2 Å². The Morgan fingerprint density at radius 3 is 2.80 bits per heavy atom. The monoisotopic (exact) mass is 216 g/mol. The van der Waals surface area contributed by atoms with E-state index in [9.17, 15) is 13.6 Å². The number of aliphatic carboxylic acids is 1. The lowest BCUT2D eigenvalue weighted by molar-refractivity contribution is -0.149. The van der Waals surface area contributed by atoms with Crippen molar-refractivity contribution in [1.29, 1.82) is 0 Å². The van der Waals surface area contributed by atoms with Crippen LogP contribution in [0, 0.1) is 11.6 Å². The van der Waals surface area contributed by atoms with Crippen molar-refractivity contribution in [2.75, 3.05) is 0 Å². The first-order valence-corrected chi connectivity index (χ1v) is 4.29. The summed E-state index contributed by atoms with van der Waals surface area (Å²) in [7, 11) is 0. The van der Waals surface area contributed by atoms with Gasteiger partial charge in [0.05, 0.1) is 6.61 Å². The second-order valence-electron chi connectivity index (χ2n) is 3.03. The molecule has 15 heavy (non-hydrogen) atoms. The van der Waals surface area contributed by atoms with Crippen LogP contribution in [0.25, 0.3) is 0 Å². The highest BCUT2D eigenvalue weighted by molar-refractivity contribution is 5.71. The van der Waals surface area contributed by atoms with Crippen molar-refractivity contribution in [1.82, 2.24) is 0 Å². The summed E-state index contributed by atoms with van der Waals surface area (Å²) in [6, 6.07) is 2.93. The van der Waals surface area contributed by atoms with Gasteiger partial charge in [0.15, 0.2) is 6.10 Å². The van der Waals surface area contributed by atoms with E-state index < -0.39 is 23.7 Å². The highest BCUT2D eigenvalue weighted by Crippen LogP contribution is 2.11. The molecule has 0 saturated heterocycles. The number of carboxylic acids is 1. The summed E-state index contributed by atoms with van der Waals surface area (Å²) in [5.41, 5.74) is 0.00287. The summed E-state index contributed by atoms with van der Waals surface area (Å²) >= 11 is 0. The largest absolute Gasteiger partial charge is 0.479 e. The predicted molar refractivity (Wildman–Crippen MR) is 48.2 cm³/mol. The number of ether oxygens (including phenoxy) is 1. The molecule has 0 aliphatic rings. The molecule has 0 saturated carbocycles. The van der Waals surface area contributed by atoms with Crippen molar-refractivity contribution in [3.8, 4) is 0 Å². The Hall–Kier alpha value is -1.49. The third-order valence-electron chi connectivity index (χ3n) is 1.84. The van der Waals surface area contributed by atoms with E-state index in [1.807, 2.05) is 0 Å². The van der Waals surface area contributed by atoms with Gasteiger partial charge in [0.2, 0.25) is 0 Å².